The summed E-state index contributed by atoms with van der Waals surface area (Å²) in [6.45, 7) is 5.78. The maximum atomic E-state index is 11.6. The molecule has 0 aliphatic heterocycles. The van der Waals surface area contributed by atoms with Crippen LogP contribution in [0.1, 0.15) is 27.7 Å². The molecule has 0 radical (unpaired) electrons. The molecule has 154 valence electrons. The second-order valence-electron chi connectivity index (χ2n) is 4.75. The van der Waals surface area contributed by atoms with E-state index in [1.54, 1.807) is 27.7 Å². The number of hydrogen-bond donors (Lipinski definition) is 0. The molecule has 0 heterocycles. The number of nitrogens with zero attached hydrogens (tertiary/aromatic N) is 2. The van der Waals surface area contributed by atoms with Crippen LogP contribution in [0.15, 0.2) is 48.6 Å². The maximum Gasteiger partial charge on any atom is 0.353 e. The smallest absolute Gasteiger partial charge is 0.329 e. The van der Waals surface area contributed by atoms with Gasteiger partial charge in [-0.1, -0.05) is 24.3 Å². The second-order valence-corrected chi connectivity index (χ2v) is 4.75. The Morgan fingerprint density at radius 3 is 0.929 bits per heavy atom. The van der Waals surface area contributed by atoms with Gasteiger partial charge < -0.3 is 19.4 Å². The Balaban J connectivity index is 5.15. The zero-order valence-corrected chi connectivity index (χ0v) is 16.2. The number of rotatable bonds is 11. The predicted octanol–water partition coefficient (Wildman–Crippen LogP) is 1.73. The van der Waals surface area contributed by atoms with E-state index >= 15 is 0 Å². The molecule has 0 atom stereocenters. The largest absolute Gasteiger partial charge is 0.353 e. The topological polar surface area (TPSA) is 112 Å². The van der Waals surface area contributed by atoms with Crippen molar-refractivity contribution in [2.45, 2.75) is 27.7 Å². The molecule has 0 spiro atoms. The number of carbonyl (C=O) groups is 4. The van der Waals surface area contributed by atoms with Crippen molar-refractivity contribution in [3.05, 3.63) is 48.6 Å². The molecule has 10 nitrogen and oxygen atoms in total. The van der Waals surface area contributed by atoms with Gasteiger partial charge in [-0.05, 0) is 27.7 Å². The van der Waals surface area contributed by atoms with Gasteiger partial charge >= 0.3 is 23.9 Å². The first-order valence-corrected chi connectivity index (χ1v) is 8.29. The summed E-state index contributed by atoms with van der Waals surface area (Å²) in [6, 6.07) is 0. The third-order valence-electron chi connectivity index (χ3n) is 2.44. The third kappa shape index (κ3) is 12.2. The predicted molar refractivity (Wildman–Crippen MR) is 97.0 cm³/mol. The first-order valence-electron chi connectivity index (χ1n) is 8.29. The number of allylic oxidation sites excluding steroid dienone is 4. The summed E-state index contributed by atoms with van der Waals surface area (Å²) in [5.41, 5.74) is 0. The molecule has 0 rings (SSSR count). The summed E-state index contributed by atoms with van der Waals surface area (Å²) in [6.07, 6.45) is 10.1. The fraction of sp³-hybridized carbons (Fsp3) is 0.333. The monoisotopic (exact) mass is 396 g/mol. The highest BCUT2D eigenvalue weighted by Crippen LogP contribution is 2.02. The van der Waals surface area contributed by atoms with Crippen LogP contribution < -0.4 is 0 Å². The third-order valence-corrected chi connectivity index (χ3v) is 2.44. The summed E-state index contributed by atoms with van der Waals surface area (Å²) in [5.74, 6) is -3.23. The van der Waals surface area contributed by atoms with Crippen molar-refractivity contribution in [3.8, 4) is 0 Å². The van der Waals surface area contributed by atoms with Crippen LogP contribution in [-0.4, -0.2) is 47.4 Å². The number of carbonyl (C=O) groups excluding carboxylic acids is 4. The lowest BCUT2D eigenvalue weighted by molar-refractivity contribution is -0.352. The van der Waals surface area contributed by atoms with E-state index in [0.717, 1.165) is 24.3 Å². The van der Waals surface area contributed by atoms with Crippen molar-refractivity contribution in [3.63, 3.8) is 0 Å². The van der Waals surface area contributed by atoms with Crippen molar-refractivity contribution in [1.29, 1.82) is 0 Å². The van der Waals surface area contributed by atoms with Gasteiger partial charge in [0.25, 0.3) is 0 Å². The molecule has 0 aromatic carbocycles. The molecule has 10 heteroatoms. The zero-order chi connectivity index (χ0) is 21.4. The fourth-order valence-electron chi connectivity index (χ4n) is 1.45. The van der Waals surface area contributed by atoms with Crippen molar-refractivity contribution in [1.82, 2.24) is 10.5 Å². The van der Waals surface area contributed by atoms with E-state index in [2.05, 4.69) is 0 Å². The molecule has 0 bridgehead atoms. The van der Waals surface area contributed by atoms with Crippen LogP contribution in [0.25, 0.3) is 0 Å². The highest BCUT2D eigenvalue weighted by Gasteiger charge is 2.20. The van der Waals surface area contributed by atoms with Crippen LogP contribution in [0.2, 0.25) is 0 Å². The number of hydroxylamine groups is 4. The second kappa shape index (κ2) is 14.9. The highest BCUT2D eigenvalue weighted by atomic mass is 17.0. The standard InChI is InChI=1S/C18H24N2O8/c1-5-9-15(21)25-19(26-16(22)10-6-2)13-14-20(27-17(23)11-7-3)28-18(24)12-8-4/h5-12H,13-14H2,1-4H3/b9-5+,10-6+,11-7+,12-8+. The zero-order valence-electron chi connectivity index (χ0n) is 16.2. The molecule has 0 amide bonds. The summed E-state index contributed by atoms with van der Waals surface area (Å²) in [5, 5.41) is 1.15. The average Bonchev–Trinajstić information content (AvgIpc) is 2.60. The maximum absolute atomic E-state index is 11.6. The minimum atomic E-state index is -0.806. The van der Waals surface area contributed by atoms with Gasteiger partial charge in [-0.3, -0.25) is 0 Å². The van der Waals surface area contributed by atoms with Crippen LogP contribution in [0, 0.1) is 0 Å². The quantitative estimate of drug-likeness (QED) is 0.378. The van der Waals surface area contributed by atoms with Gasteiger partial charge in [0.05, 0.1) is 13.1 Å². The summed E-state index contributed by atoms with van der Waals surface area (Å²) < 4.78 is 0. The van der Waals surface area contributed by atoms with E-state index in [1.807, 2.05) is 0 Å². The Morgan fingerprint density at radius 2 is 0.750 bits per heavy atom. The van der Waals surface area contributed by atoms with Crippen LogP contribution in [-0.2, 0) is 38.5 Å². The van der Waals surface area contributed by atoms with Gasteiger partial charge in [-0.25, -0.2) is 19.2 Å². The molecule has 0 aliphatic rings. The van der Waals surface area contributed by atoms with E-state index in [4.69, 9.17) is 19.4 Å². The molecule has 0 aliphatic carbocycles. The van der Waals surface area contributed by atoms with Gasteiger partial charge in [0.1, 0.15) is 0 Å². The Bertz CT molecular complexity index is 544. The minimum absolute atomic E-state index is 0.307. The van der Waals surface area contributed by atoms with Crippen LogP contribution in [0.5, 0.6) is 0 Å². The molecule has 0 N–H and O–H groups in total. The van der Waals surface area contributed by atoms with Gasteiger partial charge in [0.2, 0.25) is 0 Å². The van der Waals surface area contributed by atoms with E-state index in [-0.39, 0.29) is 13.1 Å². The first kappa shape index (κ1) is 24.8. The van der Waals surface area contributed by atoms with Crippen molar-refractivity contribution in [2.24, 2.45) is 0 Å². The normalized spacial score (nSPS) is 11.8. The first-order chi connectivity index (χ1) is 13.4. The number of hydrogen-bond acceptors (Lipinski definition) is 10. The molecule has 0 aromatic rings. The van der Waals surface area contributed by atoms with Crippen molar-refractivity contribution < 1.29 is 38.5 Å². The summed E-state index contributed by atoms with van der Waals surface area (Å²) in [4.78, 5) is 65.8. The molecule has 28 heavy (non-hydrogen) atoms. The highest BCUT2D eigenvalue weighted by molar-refractivity contribution is 5.83. The Morgan fingerprint density at radius 1 is 0.536 bits per heavy atom. The van der Waals surface area contributed by atoms with E-state index in [0.29, 0.717) is 10.5 Å². The molecular formula is C18H24N2O8. The van der Waals surface area contributed by atoms with E-state index < -0.39 is 23.9 Å². The average molecular weight is 396 g/mol. The van der Waals surface area contributed by atoms with Crippen LogP contribution in [0.3, 0.4) is 0 Å². The molecule has 0 fully saturated rings. The lowest BCUT2D eigenvalue weighted by atomic mass is 10.5. The summed E-state index contributed by atoms with van der Waals surface area (Å²) >= 11 is 0. The fourth-order valence-corrected chi connectivity index (χ4v) is 1.45. The van der Waals surface area contributed by atoms with Crippen molar-refractivity contribution >= 4 is 23.9 Å². The molecule has 0 aromatic heterocycles. The molecule has 0 saturated heterocycles. The summed E-state index contributed by atoms with van der Waals surface area (Å²) in [7, 11) is 0. The molecule has 0 unspecified atom stereocenters. The van der Waals surface area contributed by atoms with Gasteiger partial charge in [-0.2, -0.15) is 0 Å². The van der Waals surface area contributed by atoms with Gasteiger partial charge in [-0.15, -0.1) is 0 Å². The van der Waals surface area contributed by atoms with Crippen LogP contribution in [0.4, 0.5) is 0 Å². The van der Waals surface area contributed by atoms with E-state index in [1.165, 1.54) is 24.3 Å². The van der Waals surface area contributed by atoms with Gasteiger partial charge in [0, 0.05) is 34.8 Å². The lowest BCUT2D eigenvalue weighted by Crippen LogP contribution is -2.39. The van der Waals surface area contributed by atoms with E-state index in [9.17, 15) is 19.2 Å². The van der Waals surface area contributed by atoms with Crippen LogP contribution >= 0.6 is 0 Å². The molecular weight excluding hydrogens is 372 g/mol. The Labute approximate surface area is 163 Å². The Kier molecular flexibility index (Phi) is 13.2. The molecule has 0 saturated carbocycles. The Hall–Kier alpha value is -3.24. The minimum Gasteiger partial charge on any atom is -0.329 e. The van der Waals surface area contributed by atoms with Crippen molar-refractivity contribution in [2.75, 3.05) is 13.1 Å². The lowest BCUT2D eigenvalue weighted by Gasteiger charge is -2.22. The van der Waals surface area contributed by atoms with Gasteiger partial charge in [0.15, 0.2) is 0 Å². The SMILES string of the molecule is C/C=C/C(=O)ON(CCN(OC(=O)/C=C/C)OC(=O)/C=C/C)OC(=O)/C=C/C.